The topological polar surface area (TPSA) is 49.4 Å². The maximum absolute atomic E-state index is 13.2. The van der Waals surface area contributed by atoms with E-state index in [-0.39, 0.29) is 17.9 Å². The lowest BCUT2D eigenvalue weighted by Crippen LogP contribution is -2.50. The molecule has 2 aromatic rings. The maximum Gasteiger partial charge on any atom is 0.243 e. The molecule has 6 heteroatoms. The number of rotatable bonds is 10. The molecule has 0 saturated heterocycles. The van der Waals surface area contributed by atoms with Crippen molar-refractivity contribution in [2.24, 2.45) is 0 Å². The Balaban J connectivity index is 2.12. The standard InChI is InChI=1S/C24H31BrN2O2S/c1-5-22(24(29)26-17(2)3)27(14-20-8-6-7-18(4)13-20)23(28)16-30-15-19-9-11-21(25)12-10-19/h6-13,17,22H,5,14-16H2,1-4H3,(H,26,29)/t22-/m1/s1. The van der Waals surface area contributed by atoms with Gasteiger partial charge < -0.3 is 10.2 Å². The summed E-state index contributed by atoms with van der Waals surface area (Å²) in [7, 11) is 0. The summed E-state index contributed by atoms with van der Waals surface area (Å²) in [5, 5.41) is 2.97. The van der Waals surface area contributed by atoms with Crippen LogP contribution in [0.25, 0.3) is 0 Å². The zero-order valence-electron chi connectivity index (χ0n) is 18.2. The number of halogens is 1. The van der Waals surface area contributed by atoms with Crippen LogP contribution in [0.3, 0.4) is 0 Å². The molecule has 0 bridgehead atoms. The summed E-state index contributed by atoms with van der Waals surface area (Å²) in [6.45, 7) is 8.29. The van der Waals surface area contributed by atoms with Crippen LogP contribution < -0.4 is 5.32 Å². The number of benzene rings is 2. The first-order valence-corrected chi connectivity index (χ1v) is 12.2. The van der Waals surface area contributed by atoms with Gasteiger partial charge in [0.15, 0.2) is 0 Å². The molecule has 0 heterocycles. The first-order valence-electron chi connectivity index (χ1n) is 10.3. The van der Waals surface area contributed by atoms with Gasteiger partial charge in [0, 0.05) is 22.8 Å². The third-order valence-electron chi connectivity index (χ3n) is 4.66. The van der Waals surface area contributed by atoms with Gasteiger partial charge in [-0.2, -0.15) is 0 Å². The van der Waals surface area contributed by atoms with E-state index in [4.69, 9.17) is 0 Å². The molecule has 2 aromatic carbocycles. The van der Waals surface area contributed by atoms with Crippen LogP contribution in [0.15, 0.2) is 53.0 Å². The fourth-order valence-electron chi connectivity index (χ4n) is 3.23. The van der Waals surface area contributed by atoms with Crippen molar-refractivity contribution < 1.29 is 9.59 Å². The van der Waals surface area contributed by atoms with Gasteiger partial charge in [-0.05, 0) is 50.5 Å². The summed E-state index contributed by atoms with van der Waals surface area (Å²) in [5.41, 5.74) is 3.35. The first kappa shape index (κ1) is 24.5. The number of aryl methyl sites for hydroxylation is 1. The molecule has 1 atom stereocenters. The van der Waals surface area contributed by atoms with Crippen LogP contribution in [-0.4, -0.2) is 34.6 Å². The number of carbonyl (C=O) groups excluding carboxylic acids is 2. The maximum atomic E-state index is 13.2. The summed E-state index contributed by atoms with van der Waals surface area (Å²) in [5.74, 6) is 0.996. The summed E-state index contributed by atoms with van der Waals surface area (Å²) in [6.07, 6.45) is 0.577. The second kappa shape index (κ2) is 12.2. The first-order chi connectivity index (χ1) is 14.3. The van der Waals surface area contributed by atoms with Gasteiger partial charge in [0.05, 0.1) is 5.75 Å². The highest BCUT2D eigenvalue weighted by Gasteiger charge is 2.28. The minimum absolute atomic E-state index is 0.00984. The van der Waals surface area contributed by atoms with Crippen molar-refractivity contribution in [3.05, 3.63) is 69.7 Å². The van der Waals surface area contributed by atoms with Crippen LogP contribution in [-0.2, 0) is 21.9 Å². The molecular formula is C24H31BrN2O2S. The Morgan fingerprint density at radius 1 is 1.10 bits per heavy atom. The zero-order chi connectivity index (χ0) is 22.1. The van der Waals surface area contributed by atoms with E-state index >= 15 is 0 Å². The molecule has 162 valence electrons. The molecule has 0 fully saturated rings. The molecule has 4 nitrogen and oxygen atoms in total. The van der Waals surface area contributed by atoms with Crippen molar-refractivity contribution in [1.29, 1.82) is 0 Å². The Morgan fingerprint density at radius 2 is 1.80 bits per heavy atom. The highest BCUT2D eigenvalue weighted by atomic mass is 79.9. The number of thioether (sulfide) groups is 1. The van der Waals surface area contributed by atoms with Gasteiger partial charge in [0.1, 0.15) is 6.04 Å². The SMILES string of the molecule is CC[C@H](C(=O)NC(C)C)N(Cc1cccc(C)c1)C(=O)CSCc1ccc(Br)cc1. The second-order valence-electron chi connectivity index (χ2n) is 7.72. The molecule has 0 spiro atoms. The minimum Gasteiger partial charge on any atom is -0.352 e. The van der Waals surface area contributed by atoms with Gasteiger partial charge in [0.25, 0.3) is 0 Å². The van der Waals surface area contributed by atoms with E-state index < -0.39 is 6.04 Å². The molecule has 30 heavy (non-hydrogen) atoms. The Morgan fingerprint density at radius 3 is 2.40 bits per heavy atom. The van der Waals surface area contributed by atoms with E-state index in [0.717, 1.165) is 21.4 Å². The number of nitrogens with zero attached hydrogens (tertiary/aromatic N) is 1. The fourth-order valence-corrected chi connectivity index (χ4v) is 4.36. The van der Waals surface area contributed by atoms with Crippen molar-refractivity contribution >= 4 is 39.5 Å². The van der Waals surface area contributed by atoms with E-state index in [1.807, 2.05) is 58.0 Å². The number of carbonyl (C=O) groups is 2. The molecule has 0 aliphatic heterocycles. The summed E-state index contributed by atoms with van der Waals surface area (Å²) < 4.78 is 1.04. The van der Waals surface area contributed by atoms with E-state index in [1.54, 1.807) is 16.7 Å². The average molecular weight is 491 g/mol. The highest BCUT2D eigenvalue weighted by Crippen LogP contribution is 2.19. The van der Waals surface area contributed by atoms with Crippen LogP contribution >= 0.6 is 27.7 Å². The molecule has 1 N–H and O–H groups in total. The third-order valence-corrected chi connectivity index (χ3v) is 6.18. The largest absolute Gasteiger partial charge is 0.352 e. The van der Waals surface area contributed by atoms with E-state index in [0.29, 0.717) is 18.7 Å². The highest BCUT2D eigenvalue weighted by molar-refractivity contribution is 9.10. The van der Waals surface area contributed by atoms with E-state index in [2.05, 4.69) is 39.4 Å². The lowest BCUT2D eigenvalue weighted by Gasteiger charge is -2.31. The third kappa shape index (κ3) is 7.80. The normalized spacial score (nSPS) is 11.9. The smallest absolute Gasteiger partial charge is 0.243 e. The predicted octanol–water partition coefficient (Wildman–Crippen LogP) is 5.32. The number of amides is 2. The zero-order valence-corrected chi connectivity index (χ0v) is 20.6. The van der Waals surface area contributed by atoms with Crippen molar-refractivity contribution in [2.75, 3.05) is 5.75 Å². The van der Waals surface area contributed by atoms with E-state index in [9.17, 15) is 9.59 Å². The fraction of sp³-hybridized carbons (Fsp3) is 0.417. The van der Waals surface area contributed by atoms with Gasteiger partial charge in [-0.1, -0.05) is 64.8 Å². The second-order valence-corrected chi connectivity index (χ2v) is 9.62. The molecular weight excluding hydrogens is 460 g/mol. The van der Waals surface area contributed by atoms with Crippen LogP contribution in [0.5, 0.6) is 0 Å². The van der Waals surface area contributed by atoms with Crippen LogP contribution in [0.4, 0.5) is 0 Å². The summed E-state index contributed by atoms with van der Waals surface area (Å²) in [4.78, 5) is 27.7. The Hall–Kier alpha value is -1.79. The lowest BCUT2D eigenvalue weighted by atomic mass is 10.1. The summed E-state index contributed by atoms with van der Waals surface area (Å²) >= 11 is 5.02. The average Bonchev–Trinajstić information content (AvgIpc) is 2.68. The van der Waals surface area contributed by atoms with Gasteiger partial charge >= 0.3 is 0 Å². The Labute approximate surface area is 192 Å². The Kier molecular flexibility index (Phi) is 9.92. The van der Waals surface area contributed by atoms with Crippen molar-refractivity contribution in [3.63, 3.8) is 0 Å². The van der Waals surface area contributed by atoms with Crippen molar-refractivity contribution in [1.82, 2.24) is 10.2 Å². The molecule has 0 aliphatic rings. The van der Waals surface area contributed by atoms with Crippen LogP contribution in [0.2, 0.25) is 0 Å². The number of nitrogens with one attached hydrogen (secondary N) is 1. The molecule has 0 radical (unpaired) electrons. The number of hydrogen-bond donors (Lipinski definition) is 1. The van der Waals surface area contributed by atoms with Crippen LogP contribution in [0.1, 0.15) is 43.9 Å². The monoisotopic (exact) mass is 490 g/mol. The quantitative estimate of drug-likeness (QED) is 0.489. The molecule has 2 rings (SSSR count). The molecule has 0 saturated carbocycles. The predicted molar refractivity (Wildman–Crippen MR) is 129 cm³/mol. The van der Waals surface area contributed by atoms with Crippen LogP contribution in [0, 0.1) is 6.92 Å². The molecule has 0 unspecified atom stereocenters. The van der Waals surface area contributed by atoms with Gasteiger partial charge in [-0.3, -0.25) is 9.59 Å². The lowest BCUT2D eigenvalue weighted by molar-refractivity contribution is -0.139. The van der Waals surface area contributed by atoms with E-state index in [1.165, 1.54) is 5.56 Å². The molecule has 0 aromatic heterocycles. The van der Waals surface area contributed by atoms with Crippen molar-refractivity contribution in [2.45, 2.75) is 58.5 Å². The van der Waals surface area contributed by atoms with Gasteiger partial charge in [-0.25, -0.2) is 0 Å². The molecule has 2 amide bonds. The Bertz CT molecular complexity index is 839. The molecule has 0 aliphatic carbocycles. The minimum atomic E-state index is -0.478. The van der Waals surface area contributed by atoms with Gasteiger partial charge in [-0.15, -0.1) is 11.8 Å². The van der Waals surface area contributed by atoms with Gasteiger partial charge in [0.2, 0.25) is 11.8 Å². The van der Waals surface area contributed by atoms with Crippen molar-refractivity contribution in [3.8, 4) is 0 Å². The summed E-state index contributed by atoms with van der Waals surface area (Å²) in [6, 6.07) is 15.8. The number of hydrogen-bond acceptors (Lipinski definition) is 3.